The lowest BCUT2D eigenvalue weighted by atomic mass is 9.92. The van der Waals surface area contributed by atoms with Crippen molar-refractivity contribution in [1.29, 1.82) is 0 Å². The molecule has 2 atom stereocenters. The first kappa shape index (κ1) is 35.6. The minimum Gasteiger partial charge on any atom is -0.462 e. The Labute approximate surface area is 322 Å². The minimum atomic E-state index is -0.396. The van der Waals surface area contributed by atoms with Crippen LogP contribution in [0.3, 0.4) is 0 Å². The Kier molecular flexibility index (Phi) is 9.83. The number of aliphatic imine (C=N–C) groups is 1. The van der Waals surface area contributed by atoms with Crippen molar-refractivity contribution in [3.05, 3.63) is 175 Å². The third kappa shape index (κ3) is 6.70. The Morgan fingerprint density at radius 2 is 1.42 bits per heavy atom. The molecule has 2 heterocycles. The molecule has 2 N–H and O–H groups in total. The molecular weight excluding hydrogens is 677 g/mol. The van der Waals surface area contributed by atoms with Gasteiger partial charge in [0, 0.05) is 55.3 Å². The first-order valence-electron chi connectivity index (χ1n) is 18.9. The van der Waals surface area contributed by atoms with Crippen molar-refractivity contribution < 1.29 is 9.15 Å². The number of rotatable bonds is 13. The van der Waals surface area contributed by atoms with Crippen molar-refractivity contribution in [2.45, 2.75) is 45.4 Å². The van der Waals surface area contributed by atoms with E-state index < -0.39 is 6.17 Å². The summed E-state index contributed by atoms with van der Waals surface area (Å²) in [6.07, 6.45) is 3.41. The third-order valence-electron chi connectivity index (χ3n) is 10.7. The fraction of sp³-hybridized carbons (Fsp3) is 0.163. The summed E-state index contributed by atoms with van der Waals surface area (Å²) in [5, 5.41) is 4.48. The molecule has 0 bridgehead atoms. The van der Waals surface area contributed by atoms with E-state index in [4.69, 9.17) is 19.9 Å². The van der Waals surface area contributed by atoms with Crippen molar-refractivity contribution in [3.63, 3.8) is 0 Å². The van der Waals surface area contributed by atoms with E-state index in [1.54, 1.807) is 0 Å². The first-order valence-corrected chi connectivity index (χ1v) is 18.9. The van der Waals surface area contributed by atoms with Crippen molar-refractivity contribution in [2.24, 2.45) is 10.7 Å². The first-order chi connectivity index (χ1) is 26.8. The molecule has 0 radical (unpaired) electrons. The summed E-state index contributed by atoms with van der Waals surface area (Å²) in [5.74, 6) is 1.88. The quantitative estimate of drug-likeness (QED) is 0.0557. The van der Waals surface area contributed by atoms with E-state index in [0.29, 0.717) is 18.1 Å². The molecule has 0 aliphatic carbocycles. The molecule has 0 fully saturated rings. The number of nitrogens with two attached hydrogens (primary N) is 1. The molecule has 8 aromatic rings. The van der Waals surface area contributed by atoms with Gasteiger partial charge in [0.25, 0.3) is 0 Å². The van der Waals surface area contributed by atoms with E-state index in [1.165, 1.54) is 21.8 Å². The SMILES string of the molecule is C=CCCC(C)N(C)C(N=C(N)c1ccccc1)c1cccc2oc3cccc(-c4cccc(OC(=C)C)c4Cn4c5ccccc5c5ccccc54)c3c12. The van der Waals surface area contributed by atoms with Gasteiger partial charge in [0.05, 0.1) is 12.3 Å². The van der Waals surface area contributed by atoms with Gasteiger partial charge in [0.1, 0.15) is 28.9 Å². The van der Waals surface area contributed by atoms with Gasteiger partial charge in [-0.25, -0.2) is 4.99 Å². The highest BCUT2D eigenvalue weighted by Gasteiger charge is 2.27. The predicted molar refractivity (Wildman–Crippen MR) is 230 cm³/mol. The van der Waals surface area contributed by atoms with E-state index in [1.807, 2.05) is 55.5 Å². The largest absolute Gasteiger partial charge is 0.462 e. The lowest BCUT2D eigenvalue weighted by Crippen LogP contribution is -2.33. The van der Waals surface area contributed by atoms with Gasteiger partial charge in [0.15, 0.2) is 0 Å². The normalized spacial score (nSPS) is 13.2. The van der Waals surface area contributed by atoms with Gasteiger partial charge in [-0.15, -0.1) is 6.58 Å². The fourth-order valence-corrected chi connectivity index (χ4v) is 7.93. The zero-order chi connectivity index (χ0) is 38.1. The van der Waals surface area contributed by atoms with Gasteiger partial charge in [-0.3, -0.25) is 4.90 Å². The number of allylic oxidation sites excluding steroid dienone is 2. The summed E-state index contributed by atoms with van der Waals surface area (Å²) >= 11 is 0. The Morgan fingerprint density at radius 3 is 2.11 bits per heavy atom. The molecule has 8 rings (SSSR count). The number of aromatic nitrogens is 1. The molecular formula is C49H46N4O2. The van der Waals surface area contributed by atoms with Crippen LogP contribution in [-0.2, 0) is 6.54 Å². The monoisotopic (exact) mass is 722 g/mol. The van der Waals surface area contributed by atoms with Crippen LogP contribution in [0, 0.1) is 0 Å². The number of amidine groups is 1. The molecule has 2 aromatic heterocycles. The molecule has 0 amide bonds. The Morgan fingerprint density at radius 1 is 0.800 bits per heavy atom. The fourth-order valence-electron chi connectivity index (χ4n) is 7.93. The number of hydrogen-bond acceptors (Lipinski definition) is 4. The Bertz CT molecular complexity index is 2670. The lowest BCUT2D eigenvalue weighted by molar-refractivity contribution is 0.183. The summed E-state index contributed by atoms with van der Waals surface area (Å²) in [4.78, 5) is 7.59. The van der Waals surface area contributed by atoms with Crippen molar-refractivity contribution in [3.8, 4) is 16.9 Å². The number of benzene rings is 6. The molecule has 55 heavy (non-hydrogen) atoms. The van der Waals surface area contributed by atoms with Crippen LogP contribution in [0.4, 0.5) is 0 Å². The van der Waals surface area contributed by atoms with Crippen molar-refractivity contribution >= 4 is 49.6 Å². The second-order valence-corrected chi connectivity index (χ2v) is 14.3. The van der Waals surface area contributed by atoms with E-state index in [9.17, 15) is 0 Å². The van der Waals surface area contributed by atoms with Crippen LogP contribution >= 0.6 is 0 Å². The van der Waals surface area contributed by atoms with Gasteiger partial charge in [0.2, 0.25) is 0 Å². The molecule has 0 saturated carbocycles. The summed E-state index contributed by atoms with van der Waals surface area (Å²) in [5.41, 5.74) is 15.8. The topological polar surface area (TPSA) is 68.9 Å². The average Bonchev–Trinajstić information content (AvgIpc) is 3.75. The molecule has 2 unspecified atom stereocenters. The van der Waals surface area contributed by atoms with E-state index in [0.717, 1.165) is 68.3 Å². The Hall–Kier alpha value is -6.37. The average molecular weight is 723 g/mol. The second-order valence-electron chi connectivity index (χ2n) is 14.3. The summed E-state index contributed by atoms with van der Waals surface area (Å²) < 4.78 is 15.5. The molecule has 0 spiro atoms. The van der Waals surface area contributed by atoms with Gasteiger partial charge in [-0.2, -0.15) is 0 Å². The van der Waals surface area contributed by atoms with Crippen LogP contribution < -0.4 is 10.5 Å². The van der Waals surface area contributed by atoms with Gasteiger partial charge in [-0.05, 0) is 75.2 Å². The maximum absolute atomic E-state index is 6.80. The number of nitrogens with zero attached hydrogens (tertiary/aromatic N) is 3. The maximum Gasteiger partial charge on any atom is 0.136 e. The van der Waals surface area contributed by atoms with Crippen LogP contribution in [0.1, 0.15) is 49.5 Å². The summed E-state index contributed by atoms with van der Waals surface area (Å²) in [6.45, 7) is 12.8. The van der Waals surface area contributed by atoms with Crippen LogP contribution in [0.2, 0.25) is 0 Å². The van der Waals surface area contributed by atoms with Gasteiger partial charge >= 0.3 is 0 Å². The second kappa shape index (κ2) is 15.2. The predicted octanol–water partition coefficient (Wildman–Crippen LogP) is 12.0. The van der Waals surface area contributed by atoms with Crippen LogP contribution in [-0.4, -0.2) is 28.4 Å². The molecule has 0 aliphatic heterocycles. The highest BCUT2D eigenvalue weighted by atomic mass is 16.5. The summed E-state index contributed by atoms with van der Waals surface area (Å²) in [6, 6.07) is 46.2. The van der Waals surface area contributed by atoms with Crippen LogP contribution in [0.5, 0.6) is 5.75 Å². The number of para-hydroxylation sites is 2. The zero-order valence-electron chi connectivity index (χ0n) is 31.7. The number of hydrogen-bond donors (Lipinski definition) is 1. The van der Waals surface area contributed by atoms with Crippen LogP contribution in [0.25, 0.3) is 54.9 Å². The molecule has 274 valence electrons. The standard InChI is InChI=1S/C49H46N4O2/c1-6-7-18-33(4)52(5)49(51-48(50)34-19-9-8-10-20-34)39-25-17-30-45-47(39)46-38(24-16-29-44(46)55-45)35-23-15-28-43(54-32(2)3)40(35)31-53-41-26-13-11-21-36(41)37-22-12-14-27-42(37)53/h6,8-17,19-30,33,49H,1-2,7,18,31H2,3-5H3,(H2,50,51). The van der Waals surface area contributed by atoms with E-state index in [-0.39, 0.29) is 6.04 Å². The maximum atomic E-state index is 6.80. The van der Waals surface area contributed by atoms with Crippen molar-refractivity contribution in [1.82, 2.24) is 9.47 Å². The molecule has 0 aliphatic rings. The zero-order valence-corrected chi connectivity index (χ0v) is 31.7. The lowest BCUT2D eigenvalue weighted by Gasteiger charge is -2.31. The van der Waals surface area contributed by atoms with Gasteiger partial charge < -0.3 is 19.5 Å². The van der Waals surface area contributed by atoms with Crippen molar-refractivity contribution in [2.75, 3.05) is 7.05 Å². The number of furan rings is 1. The Balaban J connectivity index is 1.37. The molecule has 6 aromatic carbocycles. The van der Waals surface area contributed by atoms with Gasteiger partial charge in [-0.1, -0.05) is 116 Å². The highest BCUT2D eigenvalue weighted by Crippen LogP contribution is 2.44. The summed E-state index contributed by atoms with van der Waals surface area (Å²) in [7, 11) is 2.13. The smallest absolute Gasteiger partial charge is 0.136 e. The van der Waals surface area contributed by atoms with Crippen LogP contribution in [0.15, 0.2) is 168 Å². The van der Waals surface area contributed by atoms with E-state index in [2.05, 4.69) is 128 Å². The minimum absolute atomic E-state index is 0.192. The molecule has 0 saturated heterocycles. The van der Waals surface area contributed by atoms with E-state index >= 15 is 0 Å². The molecule has 6 nitrogen and oxygen atoms in total. The number of ether oxygens (including phenoxy) is 1. The molecule has 6 heteroatoms. The highest BCUT2D eigenvalue weighted by molar-refractivity contribution is 6.14. The number of fused-ring (bicyclic) bond motifs is 6. The third-order valence-corrected chi connectivity index (χ3v) is 10.7.